The Kier molecular flexibility index (Phi) is 3.46. The highest BCUT2D eigenvalue weighted by atomic mass is 16.2. The van der Waals surface area contributed by atoms with Crippen molar-refractivity contribution in [3.63, 3.8) is 0 Å². The van der Waals surface area contributed by atoms with E-state index in [2.05, 4.69) is 0 Å². The average molecular weight is 202 g/mol. The van der Waals surface area contributed by atoms with E-state index in [1.807, 2.05) is 32.0 Å². The lowest BCUT2D eigenvalue weighted by atomic mass is 10.0. The smallest absolute Gasteiger partial charge is 0.255 e. The zero-order chi connectivity index (χ0) is 11.4. The molecule has 1 aliphatic rings. The molecular weight excluding hydrogens is 188 g/mol. The molecule has 1 heterocycles. The number of benzene rings is 1. The van der Waals surface area contributed by atoms with Crippen LogP contribution in [0, 0.1) is 11.3 Å². The van der Waals surface area contributed by atoms with Crippen LogP contribution in [0.15, 0.2) is 18.2 Å². The fraction of sp³-hybridized carbons (Fsp3) is 0.333. The van der Waals surface area contributed by atoms with Gasteiger partial charge in [-0.15, -0.1) is 0 Å². The van der Waals surface area contributed by atoms with Gasteiger partial charge in [-0.3, -0.25) is 4.79 Å². The fourth-order valence-corrected chi connectivity index (χ4v) is 1.60. The number of carbonyl (C=O) groups is 1. The van der Waals surface area contributed by atoms with E-state index in [-0.39, 0.29) is 5.91 Å². The maximum Gasteiger partial charge on any atom is 0.255 e. The SMILES string of the molecule is CC.CN1Cc2cccc(C#N)c2C1=O. The van der Waals surface area contributed by atoms with Crippen molar-refractivity contribution >= 4 is 5.91 Å². The first-order chi connectivity index (χ1) is 7.24. The van der Waals surface area contributed by atoms with E-state index in [4.69, 9.17) is 5.26 Å². The van der Waals surface area contributed by atoms with E-state index in [0.717, 1.165) is 5.56 Å². The minimum absolute atomic E-state index is 0.0489. The molecule has 1 amide bonds. The van der Waals surface area contributed by atoms with Crippen molar-refractivity contribution in [2.45, 2.75) is 20.4 Å². The van der Waals surface area contributed by atoms with Crippen LogP contribution >= 0.6 is 0 Å². The fourth-order valence-electron chi connectivity index (χ4n) is 1.60. The lowest BCUT2D eigenvalue weighted by molar-refractivity contribution is 0.0816. The molecule has 0 atom stereocenters. The van der Waals surface area contributed by atoms with E-state index in [9.17, 15) is 4.79 Å². The topological polar surface area (TPSA) is 44.1 Å². The molecule has 3 nitrogen and oxygen atoms in total. The Hall–Kier alpha value is -1.82. The molecule has 0 saturated heterocycles. The first-order valence-corrected chi connectivity index (χ1v) is 5.01. The summed E-state index contributed by atoms with van der Waals surface area (Å²) >= 11 is 0. The van der Waals surface area contributed by atoms with Crippen LogP contribution in [0.3, 0.4) is 0 Å². The number of nitriles is 1. The Bertz CT molecular complexity index is 418. The molecule has 0 aliphatic carbocycles. The average Bonchev–Trinajstić information content (AvgIpc) is 2.58. The molecule has 2 rings (SSSR count). The zero-order valence-corrected chi connectivity index (χ0v) is 9.24. The van der Waals surface area contributed by atoms with Crippen LogP contribution in [0.5, 0.6) is 0 Å². The van der Waals surface area contributed by atoms with E-state index in [0.29, 0.717) is 17.7 Å². The van der Waals surface area contributed by atoms with Gasteiger partial charge < -0.3 is 4.90 Å². The third-order valence-electron chi connectivity index (χ3n) is 2.24. The van der Waals surface area contributed by atoms with Crippen LogP contribution in [0.25, 0.3) is 0 Å². The number of fused-ring (bicyclic) bond motifs is 1. The maximum atomic E-state index is 11.6. The second kappa shape index (κ2) is 4.61. The van der Waals surface area contributed by atoms with Gasteiger partial charge in [0.05, 0.1) is 17.2 Å². The number of rotatable bonds is 0. The lowest BCUT2D eigenvalue weighted by Gasteiger charge is -2.04. The van der Waals surface area contributed by atoms with Crippen molar-refractivity contribution in [1.82, 2.24) is 4.90 Å². The third-order valence-corrected chi connectivity index (χ3v) is 2.24. The van der Waals surface area contributed by atoms with E-state index >= 15 is 0 Å². The van der Waals surface area contributed by atoms with Gasteiger partial charge in [-0.25, -0.2) is 0 Å². The number of nitrogens with zero attached hydrogens (tertiary/aromatic N) is 2. The van der Waals surface area contributed by atoms with Gasteiger partial charge in [-0.2, -0.15) is 5.26 Å². The largest absolute Gasteiger partial charge is 0.337 e. The molecule has 0 fully saturated rings. The van der Waals surface area contributed by atoms with Crippen molar-refractivity contribution in [3.8, 4) is 6.07 Å². The Morgan fingerprint density at radius 3 is 2.67 bits per heavy atom. The third kappa shape index (κ3) is 1.84. The maximum absolute atomic E-state index is 11.6. The summed E-state index contributed by atoms with van der Waals surface area (Å²) in [4.78, 5) is 13.2. The minimum Gasteiger partial charge on any atom is -0.337 e. The first-order valence-electron chi connectivity index (χ1n) is 5.01. The molecule has 0 saturated carbocycles. The predicted molar refractivity (Wildman–Crippen MR) is 58.3 cm³/mol. The molecule has 0 bridgehead atoms. The Balaban J connectivity index is 0.000000531. The summed E-state index contributed by atoms with van der Waals surface area (Å²) in [5.41, 5.74) is 2.01. The van der Waals surface area contributed by atoms with Gasteiger partial charge in [0.25, 0.3) is 5.91 Å². The molecule has 0 aromatic heterocycles. The first kappa shape index (κ1) is 11.3. The highest BCUT2D eigenvalue weighted by Crippen LogP contribution is 2.23. The summed E-state index contributed by atoms with van der Waals surface area (Å²) < 4.78 is 0. The molecule has 1 aromatic rings. The Labute approximate surface area is 89.9 Å². The second-order valence-electron chi connectivity index (χ2n) is 3.11. The number of hydrogen-bond donors (Lipinski definition) is 0. The number of amides is 1. The zero-order valence-electron chi connectivity index (χ0n) is 9.24. The van der Waals surface area contributed by atoms with Crippen LogP contribution in [0.1, 0.15) is 35.3 Å². The summed E-state index contributed by atoms with van der Waals surface area (Å²) in [6.45, 7) is 4.61. The van der Waals surface area contributed by atoms with Gasteiger partial charge in [-0.05, 0) is 11.6 Å². The second-order valence-corrected chi connectivity index (χ2v) is 3.11. The molecule has 3 heteroatoms. The molecule has 1 aromatic carbocycles. The lowest BCUT2D eigenvalue weighted by Crippen LogP contribution is -2.18. The molecule has 0 N–H and O–H groups in total. The van der Waals surface area contributed by atoms with Gasteiger partial charge in [0.1, 0.15) is 0 Å². The molecule has 0 spiro atoms. The Morgan fingerprint density at radius 2 is 2.07 bits per heavy atom. The quantitative estimate of drug-likeness (QED) is 0.647. The molecule has 78 valence electrons. The van der Waals surface area contributed by atoms with Gasteiger partial charge >= 0.3 is 0 Å². The van der Waals surface area contributed by atoms with Crippen LogP contribution in [0.4, 0.5) is 0 Å². The van der Waals surface area contributed by atoms with Crippen LogP contribution in [0.2, 0.25) is 0 Å². The molecule has 0 unspecified atom stereocenters. The van der Waals surface area contributed by atoms with E-state index < -0.39 is 0 Å². The van der Waals surface area contributed by atoms with Crippen LogP contribution in [-0.4, -0.2) is 17.9 Å². The number of hydrogen-bond acceptors (Lipinski definition) is 2. The minimum atomic E-state index is -0.0489. The van der Waals surface area contributed by atoms with Crippen molar-refractivity contribution in [3.05, 3.63) is 34.9 Å². The summed E-state index contributed by atoms with van der Waals surface area (Å²) in [6, 6.07) is 7.40. The van der Waals surface area contributed by atoms with E-state index in [1.165, 1.54) is 0 Å². The van der Waals surface area contributed by atoms with E-state index in [1.54, 1.807) is 18.0 Å². The van der Waals surface area contributed by atoms with Crippen LogP contribution in [-0.2, 0) is 6.54 Å². The normalized spacial score (nSPS) is 12.7. The van der Waals surface area contributed by atoms with Crippen molar-refractivity contribution in [2.75, 3.05) is 7.05 Å². The van der Waals surface area contributed by atoms with Crippen LogP contribution < -0.4 is 0 Å². The molecule has 0 radical (unpaired) electrons. The predicted octanol–water partition coefficient (Wildman–Crippen LogP) is 2.17. The summed E-state index contributed by atoms with van der Waals surface area (Å²) in [7, 11) is 1.74. The summed E-state index contributed by atoms with van der Waals surface area (Å²) in [5, 5.41) is 8.79. The highest BCUT2D eigenvalue weighted by Gasteiger charge is 2.26. The van der Waals surface area contributed by atoms with Crippen molar-refractivity contribution < 1.29 is 4.79 Å². The molecular formula is C12H14N2O. The molecule has 1 aliphatic heterocycles. The molecule has 15 heavy (non-hydrogen) atoms. The Morgan fingerprint density at radius 1 is 1.40 bits per heavy atom. The standard InChI is InChI=1S/C10H8N2O.C2H6/c1-12-6-8-4-2-3-7(5-11)9(8)10(12)13;1-2/h2-4H,6H2,1H3;1-2H3. The van der Waals surface area contributed by atoms with Gasteiger partial charge in [0.15, 0.2) is 0 Å². The van der Waals surface area contributed by atoms with Crippen molar-refractivity contribution in [2.24, 2.45) is 0 Å². The highest BCUT2D eigenvalue weighted by molar-refractivity contribution is 6.00. The monoisotopic (exact) mass is 202 g/mol. The van der Waals surface area contributed by atoms with Gasteiger partial charge in [-0.1, -0.05) is 26.0 Å². The summed E-state index contributed by atoms with van der Waals surface area (Å²) in [6.07, 6.45) is 0. The van der Waals surface area contributed by atoms with Crippen molar-refractivity contribution in [1.29, 1.82) is 5.26 Å². The summed E-state index contributed by atoms with van der Waals surface area (Å²) in [5.74, 6) is -0.0489. The van der Waals surface area contributed by atoms with Gasteiger partial charge in [0.2, 0.25) is 0 Å². The van der Waals surface area contributed by atoms with Gasteiger partial charge in [0, 0.05) is 13.6 Å². The number of carbonyl (C=O) groups excluding carboxylic acids is 1.